The van der Waals surface area contributed by atoms with Crippen molar-refractivity contribution >= 4 is 24.0 Å². The molecule has 0 spiro atoms. The molecule has 0 aromatic heterocycles. The largest absolute Gasteiger partial charge is 0.274 e. The van der Waals surface area contributed by atoms with Crippen LogP contribution in [-0.4, -0.2) is 33.2 Å². The highest BCUT2D eigenvalue weighted by atomic mass is 32.2. The third-order valence-corrected chi connectivity index (χ3v) is 16.0. The van der Waals surface area contributed by atoms with E-state index in [2.05, 4.69) is 41.5 Å². The first-order valence-electron chi connectivity index (χ1n) is 10.3. The van der Waals surface area contributed by atoms with Crippen LogP contribution in [0.1, 0.15) is 53.5 Å². The fraction of sp³-hybridized carbons (Fsp3) is 0.591. The molecule has 0 bridgehead atoms. The van der Waals surface area contributed by atoms with Gasteiger partial charge in [0.1, 0.15) is 0 Å². The SMILES string of the molecule is Cc1ccc(S(=O)(=O)N2CC=CCC([Si](C(C)C)(C(C)C)C(C)C)C2=O)cc1. The molecule has 4 nitrogen and oxygen atoms in total. The van der Waals surface area contributed by atoms with Crippen molar-refractivity contribution in [1.82, 2.24) is 4.31 Å². The van der Waals surface area contributed by atoms with Gasteiger partial charge in [0.05, 0.1) is 19.5 Å². The molecule has 6 heteroatoms. The maximum Gasteiger partial charge on any atom is 0.266 e. The summed E-state index contributed by atoms with van der Waals surface area (Å²) in [5.41, 5.74) is 1.92. The van der Waals surface area contributed by atoms with E-state index in [1.165, 1.54) is 0 Å². The smallest absolute Gasteiger partial charge is 0.266 e. The van der Waals surface area contributed by atoms with Crippen LogP contribution in [0.25, 0.3) is 0 Å². The highest BCUT2D eigenvalue weighted by molar-refractivity contribution is 7.89. The lowest BCUT2D eigenvalue weighted by Crippen LogP contribution is -2.54. The summed E-state index contributed by atoms with van der Waals surface area (Å²) in [7, 11) is -6.03. The van der Waals surface area contributed by atoms with E-state index in [0.29, 0.717) is 23.0 Å². The van der Waals surface area contributed by atoms with E-state index in [9.17, 15) is 13.2 Å². The highest BCUT2D eigenvalue weighted by Gasteiger charge is 2.53. The van der Waals surface area contributed by atoms with Crippen LogP contribution in [0.2, 0.25) is 22.2 Å². The number of hydrogen-bond donors (Lipinski definition) is 0. The molecule has 1 aromatic rings. The molecule has 0 saturated carbocycles. The first-order chi connectivity index (χ1) is 13.0. The lowest BCUT2D eigenvalue weighted by Gasteiger charge is -2.48. The summed E-state index contributed by atoms with van der Waals surface area (Å²) in [6.45, 7) is 15.3. The number of nitrogens with zero attached hydrogens (tertiary/aromatic N) is 1. The quantitative estimate of drug-likeness (QED) is 0.449. The van der Waals surface area contributed by atoms with Gasteiger partial charge in [-0.25, -0.2) is 12.7 Å². The number of hydrogen-bond acceptors (Lipinski definition) is 3. The number of amides is 1. The Morgan fingerprint density at radius 1 is 0.929 bits per heavy atom. The number of carbonyl (C=O) groups excluding carboxylic acids is 1. The van der Waals surface area contributed by atoms with Crippen molar-refractivity contribution in [3.05, 3.63) is 42.0 Å². The van der Waals surface area contributed by atoms with Crippen LogP contribution in [0.5, 0.6) is 0 Å². The summed E-state index contributed by atoms with van der Waals surface area (Å²) in [6.07, 6.45) is 4.49. The Labute approximate surface area is 172 Å². The maximum atomic E-state index is 13.7. The number of benzene rings is 1. The molecule has 1 aromatic carbocycles. The molecular formula is C22H35NO3SSi. The lowest BCUT2D eigenvalue weighted by molar-refractivity contribution is -0.126. The van der Waals surface area contributed by atoms with Crippen LogP contribution in [0, 0.1) is 6.92 Å². The summed E-state index contributed by atoms with van der Waals surface area (Å²) in [6, 6.07) is 6.74. The molecule has 1 aliphatic heterocycles. The minimum atomic E-state index is -3.87. The highest BCUT2D eigenvalue weighted by Crippen LogP contribution is 2.52. The minimum Gasteiger partial charge on any atom is -0.274 e. The number of carbonyl (C=O) groups is 1. The van der Waals surface area contributed by atoms with E-state index in [1.54, 1.807) is 24.3 Å². The van der Waals surface area contributed by atoms with Gasteiger partial charge in [0.2, 0.25) is 5.91 Å². The zero-order chi connectivity index (χ0) is 21.3. The Hall–Kier alpha value is -1.40. The van der Waals surface area contributed by atoms with E-state index >= 15 is 0 Å². The van der Waals surface area contributed by atoms with E-state index in [4.69, 9.17) is 0 Å². The molecule has 28 heavy (non-hydrogen) atoms. The molecule has 0 aliphatic carbocycles. The van der Waals surface area contributed by atoms with Crippen molar-refractivity contribution in [3.8, 4) is 0 Å². The molecule has 1 aliphatic rings. The molecule has 0 saturated heterocycles. The Morgan fingerprint density at radius 3 is 1.89 bits per heavy atom. The predicted molar refractivity (Wildman–Crippen MR) is 119 cm³/mol. The van der Waals surface area contributed by atoms with Gasteiger partial charge in [0, 0.05) is 5.54 Å². The standard InChI is InChI=1S/C22H35NO3SSi/c1-16(2)28(17(3)4,18(5)6)21-10-8-9-15-23(22(21)24)27(25,26)20-13-11-19(7)12-14-20/h8-9,11-14,16-18,21H,10,15H2,1-7H3. The third kappa shape index (κ3) is 3.86. The van der Waals surface area contributed by atoms with Gasteiger partial charge in [0.15, 0.2) is 0 Å². The second kappa shape index (κ2) is 8.53. The average Bonchev–Trinajstić information content (AvgIpc) is 2.78. The monoisotopic (exact) mass is 421 g/mol. The van der Waals surface area contributed by atoms with Crippen LogP contribution in [0.4, 0.5) is 0 Å². The Kier molecular flexibility index (Phi) is 6.97. The van der Waals surface area contributed by atoms with Gasteiger partial charge in [-0.2, -0.15) is 0 Å². The molecule has 1 unspecified atom stereocenters. The molecule has 0 fully saturated rings. The molecule has 2 rings (SSSR count). The van der Waals surface area contributed by atoms with Gasteiger partial charge in [0.25, 0.3) is 10.0 Å². The normalized spacial score (nSPS) is 19.0. The Bertz CT molecular complexity index is 804. The number of allylic oxidation sites excluding steroid dienone is 1. The van der Waals surface area contributed by atoms with Gasteiger partial charge in [-0.3, -0.25) is 4.79 Å². The van der Waals surface area contributed by atoms with Crippen LogP contribution in [0.15, 0.2) is 41.3 Å². The molecule has 156 valence electrons. The van der Waals surface area contributed by atoms with Gasteiger partial charge in [-0.15, -0.1) is 0 Å². The first kappa shape index (κ1) is 22.9. The van der Waals surface area contributed by atoms with Gasteiger partial charge >= 0.3 is 0 Å². The van der Waals surface area contributed by atoms with Crippen molar-refractivity contribution in [2.45, 2.75) is 81.9 Å². The van der Waals surface area contributed by atoms with Gasteiger partial charge in [-0.1, -0.05) is 71.4 Å². The van der Waals surface area contributed by atoms with Crippen LogP contribution in [-0.2, 0) is 14.8 Å². The van der Waals surface area contributed by atoms with E-state index in [-0.39, 0.29) is 22.9 Å². The second-order valence-electron chi connectivity index (χ2n) is 8.91. The third-order valence-electron chi connectivity index (χ3n) is 6.57. The first-order valence-corrected chi connectivity index (χ1v) is 14.0. The number of rotatable bonds is 6. The number of aryl methyl sites for hydroxylation is 1. The van der Waals surface area contributed by atoms with Crippen LogP contribution >= 0.6 is 0 Å². The van der Waals surface area contributed by atoms with Crippen LogP contribution in [0.3, 0.4) is 0 Å². The molecule has 1 heterocycles. The summed E-state index contributed by atoms with van der Waals surface area (Å²) in [5.74, 6) is -0.214. The van der Waals surface area contributed by atoms with Crippen molar-refractivity contribution in [1.29, 1.82) is 0 Å². The Balaban J connectivity index is 2.57. The Morgan fingerprint density at radius 2 is 1.43 bits per heavy atom. The molecular weight excluding hydrogens is 386 g/mol. The van der Waals surface area contributed by atoms with Crippen LogP contribution < -0.4 is 0 Å². The number of sulfonamides is 1. The average molecular weight is 422 g/mol. The summed E-state index contributed by atoms with van der Waals surface area (Å²) >= 11 is 0. The van der Waals surface area contributed by atoms with E-state index in [1.807, 2.05) is 19.1 Å². The van der Waals surface area contributed by atoms with E-state index in [0.717, 1.165) is 9.87 Å². The van der Waals surface area contributed by atoms with Crippen molar-refractivity contribution in [2.75, 3.05) is 6.54 Å². The molecule has 1 atom stereocenters. The lowest BCUT2D eigenvalue weighted by atomic mass is 10.2. The van der Waals surface area contributed by atoms with E-state index < -0.39 is 18.1 Å². The minimum absolute atomic E-state index is 0.115. The molecule has 0 N–H and O–H groups in total. The maximum absolute atomic E-state index is 13.7. The summed E-state index contributed by atoms with van der Waals surface area (Å²) in [5, 5.41) is 0. The van der Waals surface area contributed by atoms with Gasteiger partial charge in [-0.05, 0) is 42.1 Å². The zero-order valence-electron chi connectivity index (χ0n) is 18.3. The fourth-order valence-corrected chi connectivity index (χ4v) is 14.5. The zero-order valence-corrected chi connectivity index (χ0v) is 20.1. The molecule has 0 radical (unpaired) electrons. The summed E-state index contributed by atoms with van der Waals surface area (Å²) < 4.78 is 27.8. The van der Waals surface area contributed by atoms with Crippen molar-refractivity contribution in [2.24, 2.45) is 0 Å². The van der Waals surface area contributed by atoms with Gasteiger partial charge < -0.3 is 0 Å². The summed E-state index contributed by atoms with van der Waals surface area (Å²) in [4.78, 5) is 13.9. The van der Waals surface area contributed by atoms with Crippen molar-refractivity contribution in [3.63, 3.8) is 0 Å². The van der Waals surface area contributed by atoms with Crippen molar-refractivity contribution < 1.29 is 13.2 Å². The second-order valence-corrected chi connectivity index (χ2v) is 16.9. The predicted octanol–water partition coefficient (Wildman–Crippen LogP) is 5.52. The molecule has 1 amide bonds. The fourth-order valence-electron chi connectivity index (χ4n) is 5.45. The topological polar surface area (TPSA) is 54.5 Å².